The minimum Gasteiger partial charge on any atom is -0.462 e. The lowest BCUT2D eigenvalue weighted by Gasteiger charge is -2.18. The third kappa shape index (κ3) is 37.4. The molecule has 0 aliphatic carbocycles. The van der Waals surface area contributed by atoms with Crippen LogP contribution in [0, 0.1) is 0 Å². The summed E-state index contributed by atoms with van der Waals surface area (Å²) in [5.41, 5.74) is 0. The van der Waals surface area contributed by atoms with Crippen LogP contribution >= 0.6 is 7.82 Å². The molecular weight excluding hydrogens is 627 g/mol. The second-order valence-electron chi connectivity index (χ2n) is 13.2. The van der Waals surface area contributed by atoms with Crippen molar-refractivity contribution in [1.82, 2.24) is 0 Å². The summed E-state index contributed by atoms with van der Waals surface area (Å²) in [6.45, 7) is 3.63. The van der Waals surface area contributed by atoms with Crippen LogP contribution in [0.1, 0.15) is 194 Å². The first-order valence-electron chi connectivity index (χ1n) is 19.6. The van der Waals surface area contributed by atoms with E-state index in [1.165, 1.54) is 96.3 Å². The van der Waals surface area contributed by atoms with Gasteiger partial charge in [0.1, 0.15) is 6.61 Å². The topological polar surface area (TPSA) is 119 Å². The molecule has 0 bridgehead atoms. The Kier molecular flexibility index (Phi) is 34.3. The van der Waals surface area contributed by atoms with E-state index in [0.29, 0.717) is 12.8 Å². The number of hydrogen-bond acceptors (Lipinski definition) is 6. The molecule has 0 fully saturated rings. The number of rotatable bonds is 36. The smallest absolute Gasteiger partial charge is 0.462 e. The van der Waals surface area contributed by atoms with Gasteiger partial charge in [0.15, 0.2) is 6.10 Å². The monoisotopic (exact) mass is 701 g/mol. The number of esters is 2. The molecule has 0 aromatic carbocycles. The maximum atomic E-state index is 12.4. The van der Waals surface area contributed by atoms with E-state index in [4.69, 9.17) is 19.3 Å². The average Bonchev–Trinajstić information content (AvgIpc) is 3.05. The predicted molar refractivity (Wildman–Crippen MR) is 198 cm³/mol. The van der Waals surface area contributed by atoms with E-state index in [2.05, 4.69) is 42.7 Å². The van der Waals surface area contributed by atoms with E-state index in [1.807, 2.05) is 0 Å². The molecular formula is C39H73O8P. The first-order valence-corrected chi connectivity index (χ1v) is 21.2. The van der Waals surface area contributed by atoms with Gasteiger partial charge < -0.3 is 19.3 Å². The average molecular weight is 701 g/mol. The maximum Gasteiger partial charge on any atom is 0.469 e. The van der Waals surface area contributed by atoms with Crippen molar-refractivity contribution >= 4 is 19.8 Å². The van der Waals surface area contributed by atoms with Crippen molar-refractivity contribution in [2.24, 2.45) is 0 Å². The predicted octanol–water partition coefficient (Wildman–Crippen LogP) is 11.6. The first kappa shape index (κ1) is 46.5. The van der Waals surface area contributed by atoms with Crippen molar-refractivity contribution in [2.45, 2.75) is 200 Å². The lowest BCUT2D eigenvalue weighted by Crippen LogP contribution is -2.29. The molecule has 0 aliphatic rings. The zero-order valence-corrected chi connectivity index (χ0v) is 31.8. The number of allylic oxidation sites excluding steroid dienone is 4. The fraction of sp³-hybridized carbons (Fsp3) is 0.846. The van der Waals surface area contributed by atoms with Crippen LogP contribution in [0.4, 0.5) is 0 Å². The van der Waals surface area contributed by atoms with Gasteiger partial charge in [-0.1, -0.05) is 147 Å². The number of unbranched alkanes of at least 4 members (excludes halogenated alkanes) is 22. The van der Waals surface area contributed by atoms with Crippen molar-refractivity contribution in [3.8, 4) is 0 Å². The minimum atomic E-state index is -4.75. The Morgan fingerprint density at radius 1 is 0.521 bits per heavy atom. The molecule has 0 saturated carbocycles. The molecule has 0 spiro atoms. The van der Waals surface area contributed by atoms with Gasteiger partial charge in [0.25, 0.3) is 0 Å². The SMILES string of the molecule is CCCC/C=C\CCCCCCCC(=O)OCC(COP(=O)(O)O)OC(=O)CCCCCCCCCCC/C=C\CCCCCCCC. The summed E-state index contributed by atoms with van der Waals surface area (Å²) < 4.78 is 26.3. The Morgan fingerprint density at radius 2 is 0.896 bits per heavy atom. The molecule has 0 radical (unpaired) electrons. The highest BCUT2D eigenvalue weighted by molar-refractivity contribution is 7.46. The highest BCUT2D eigenvalue weighted by Gasteiger charge is 2.22. The second-order valence-corrected chi connectivity index (χ2v) is 14.5. The molecule has 1 atom stereocenters. The molecule has 282 valence electrons. The Morgan fingerprint density at radius 3 is 1.33 bits per heavy atom. The van der Waals surface area contributed by atoms with E-state index in [-0.39, 0.29) is 19.4 Å². The van der Waals surface area contributed by atoms with Gasteiger partial charge in [-0.2, -0.15) is 0 Å². The van der Waals surface area contributed by atoms with Crippen molar-refractivity contribution in [1.29, 1.82) is 0 Å². The Hall–Kier alpha value is -1.47. The molecule has 0 saturated heterocycles. The zero-order valence-electron chi connectivity index (χ0n) is 30.9. The Bertz CT molecular complexity index is 838. The zero-order chi connectivity index (χ0) is 35.4. The number of phosphoric ester groups is 1. The summed E-state index contributed by atoms with van der Waals surface area (Å²) in [7, 11) is -4.75. The van der Waals surface area contributed by atoms with E-state index < -0.39 is 32.5 Å². The van der Waals surface area contributed by atoms with E-state index in [9.17, 15) is 14.2 Å². The van der Waals surface area contributed by atoms with Crippen LogP contribution in [0.2, 0.25) is 0 Å². The number of carbonyl (C=O) groups excluding carboxylic acids is 2. The van der Waals surface area contributed by atoms with Gasteiger partial charge in [-0.15, -0.1) is 0 Å². The van der Waals surface area contributed by atoms with Crippen LogP contribution in [0.5, 0.6) is 0 Å². The highest BCUT2D eigenvalue weighted by atomic mass is 31.2. The molecule has 0 aromatic rings. The van der Waals surface area contributed by atoms with E-state index in [1.54, 1.807) is 0 Å². The molecule has 0 heterocycles. The van der Waals surface area contributed by atoms with E-state index >= 15 is 0 Å². The van der Waals surface area contributed by atoms with E-state index in [0.717, 1.165) is 57.8 Å². The van der Waals surface area contributed by atoms with Gasteiger partial charge in [-0.25, -0.2) is 4.57 Å². The Labute approximate surface area is 294 Å². The first-order chi connectivity index (χ1) is 23.3. The van der Waals surface area contributed by atoms with Gasteiger partial charge in [0.05, 0.1) is 6.61 Å². The molecule has 0 rings (SSSR count). The molecule has 2 N–H and O–H groups in total. The van der Waals surface area contributed by atoms with Crippen LogP contribution in [0.3, 0.4) is 0 Å². The summed E-state index contributed by atoms with van der Waals surface area (Å²) >= 11 is 0. The van der Waals surface area contributed by atoms with Crippen molar-refractivity contribution in [2.75, 3.05) is 13.2 Å². The van der Waals surface area contributed by atoms with Crippen molar-refractivity contribution in [3.63, 3.8) is 0 Å². The molecule has 48 heavy (non-hydrogen) atoms. The van der Waals surface area contributed by atoms with Crippen LogP contribution < -0.4 is 0 Å². The van der Waals surface area contributed by atoms with Gasteiger partial charge in [-0.05, 0) is 57.8 Å². The van der Waals surface area contributed by atoms with Gasteiger partial charge in [0.2, 0.25) is 0 Å². The van der Waals surface area contributed by atoms with Crippen molar-refractivity contribution in [3.05, 3.63) is 24.3 Å². The van der Waals surface area contributed by atoms with Crippen LogP contribution in [-0.4, -0.2) is 41.0 Å². The van der Waals surface area contributed by atoms with Crippen LogP contribution in [0.15, 0.2) is 24.3 Å². The Balaban J connectivity index is 3.91. The molecule has 0 aromatic heterocycles. The molecule has 0 aliphatic heterocycles. The fourth-order valence-electron chi connectivity index (χ4n) is 5.47. The molecule has 9 heteroatoms. The molecule has 1 unspecified atom stereocenters. The number of carbonyl (C=O) groups is 2. The number of phosphoric acid groups is 1. The van der Waals surface area contributed by atoms with Gasteiger partial charge in [-0.3, -0.25) is 14.1 Å². The normalized spacial score (nSPS) is 12.7. The summed E-state index contributed by atoms with van der Waals surface area (Å²) in [4.78, 5) is 42.7. The quantitative estimate of drug-likeness (QED) is 0.0287. The summed E-state index contributed by atoms with van der Waals surface area (Å²) in [5, 5.41) is 0. The lowest BCUT2D eigenvalue weighted by atomic mass is 10.1. The van der Waals surface area contributed by atoms with Gasteiger partial charge in [0, 0.05) is 12.8 Å². The molecule has 8 nitrogen and oxygen atoms in total. The summed E-state index contributed by atoms with van der Waals surface area (Å²) in [6, 6.07) is 0. The maximum absolute atomic E-state index is 12.4. The van der Waals surface area contributed by atoms with Gasteiger partial charge >= 0.3 is 19.8 Å². The third-order valence-corrected chi connectivity index (χ3v) is 8.93. The largest absolute Gasteiger partial charge is 0.469 e. The number of hydrogen-bond donors (Lipinski definition) is 2. The second kappa shape index (κ2) is 35.4. The van der Waals surface area contributed by atoms with Crippen molar-refractivity contribution < 1.29 is 37.9 Å². The standard InChI is InChI=1S/C39H73O8P/c1-3-5-7-9-11-13-15-16-17-18-19-20-21-22-24-26-28-30-32-34-39(41)47-37(36-46-48(42,43)44)35-45-38(40)33-31-29-27-25-23-14-12-10-8-6-4-2/h10,12,16-17,37H,3-9,11,13-15,18-36H2,1-2H3,(H2,42,43,44)/b12-10-,17-16-. The lowest BCUT2D eigenvalue weighted by molar-refractivity contribution is -0.161. The summed E-state index contributed by atoms with van der Waals surface area (Å²) in [6.07, 6.45) is 39.0. The molecule has 0 amide bonds. The fourth-order valence-corrected chi connectivity index (χ4v) is 5.83. The van der Waals surface area contributed by atoms with Crippen LogP contribution in [-0.2, 0) is 28.2 Å². The minimum absolute atomic E-state index is 0.210. The third-order valence-electron chi connectivity index (χ3n) is 8.44. The summed E-state index contributed by atoms with van der Waals surface area (Å²) in [5.74, 6) is -0.895. The number of ether oxygens (including phenoxy) is 2. The highest BCUT2D eigenvalue weighted by Crippen LogP contribution is 2.36. The van der Waals surface area contributed by atoms with Crippen LogP contribution in [0.25, 0.3) is 0 Å².